The molecule has 0 radical (unpaired) electrons. The largest absolute Gasteiger partial charge is 0.279 e. The maximum absolute atomic E-state index is 13.6. The van der Waals surface area contributed by atoms with E-state index in [2.05, 4.69) is 0 Å². The van der Waals surface area contributed by atoms with Gasteiger partial charge >= 0.3 is 0 Å². The van der Waals surface area contributed by atoms with Gasteiger partial charge in [-0.2, -0.15) is 0 Å². The van der Waals surface area contributed by atoms with Gasteiger partial charge in [0, 0.05) is 11.3 Å². The first kappa shape index (κ1) is 21.5. The minimum atomic E-state index is -3.59. The lowest BCUT2D eigenvalue weighted by atomic mass is 10.1. The Labute approximate surface area is 189 Å². The first-order chi connectivity index (χ1) is 14.8. The van der Waals surface area contributed by atoms with Crippen LogP contribution in [0.1, 0.15) is 21.5 Å². The zero-order chi connectivity index (χ0) is 22.2. The van der Waals surface area contributed by atoms with Crippen LogP contribution in [0, 0.1) is 6.92 Å². The lowest BCUT2D eigenvalue weighted by molar-refractivity contribution is 0.0982. The number of aryl methyl sites for hydroxylation is 1. The van der Waals surface area contributed by atoms with Crippen molar-refractivity contribution in [3.63, 3.8) is 0 Å². The SMILES string of the molecule is Cc1c(Cl)ccc2sc(N(Cc3ccccc3)C(=O)c3ccccc3S(C)(=O)=O)nc12. The number of anilines is 1. The number of nitrogens with zero attached hydrogens (tertiary/aromatic N) is 2. The Morgan fingerprint density at radius 3 is 2.42 bits per heavy atom. The van der Waals surface area contributed by atoms with Crippen molar-refractivity contribution in [2.45, 2.75) is 18.4 Å². The van der Waals surface area contributed by atoms with E-state index in [0.717, 1.165) is 27.6 Å². The number of carbonyl (C=O) groups is 1. The van der Waals surface area contributed by atoms with Gasteiger partial charge < -0.3 is 0 Å². The molecular formula is C23H19ClN2O3S2. The van der Waals surface area contributed by atoms with E-state index >= 15 is 0 Å². The molecule has 0 saturated heterocycles. The van der Waals surface area contributed by atoms with Crippen LogP contribution in [0.5, 0.6) is 0 Å². The fraction of sp³-hybridized carbons (Fsp3) is 0.130. The molecule has 4 rings (SSSR count). The molecule has 0 fully saturated rings. The first-order valence-corrected chi connectivity index (χ1v) is 12.5. The normalized spacial score (nSPS) is 11.6. The van der Waals surface area contributed by atoms with Gasteiger partial charge in [0.25, 0.3) is 5.91 Å². The van der Waals surface area contributed by atoms with E-state index in [9.17, 15) is 13.2 Å². The van der Waals surface area contributed by atoms with Crippen LogP contribution in [0.4, 0.5) is 5.13 Å². The maximum atomic E-state index is 13.6. The number of fused-ring (bicyclic) bond motifs is 1. The van der Waals surface area contributed by atoms with E-state index < -0.39 is 15.7 Å². The predicted octanol–water partition coefficient (Wildman–Crippen LogP) is 5.51. The van der Waals surface area contributed by atoms with Crippen LogP contribution in [0.3, 0.4) is 0 Å². The number of amides is 1. The van der Waals surface area contributed by atoms with Gasteiger partial charge in [-0.1, -0.05) is 65.4 Å². The molecule has 5 nitrogen and oxygen atoms in total. The Hall–Kier alpha value is -2.74. The Bertz CT molecular complexity index is 1380. The molecule has 4 aromatic rings. The van der Waals surface area contributed by atoms with Crippen LogP contribution in [0.25, 0.3) is 10.2 Å². The summed E-state index contributed by atoms with van der Waals surface area (Å²) in [6.07, 6.45) is 1.10. The minimum absolute atomic E-state index is 0.00148. The van der Waals surface area contributed by atoms with Crippen molar-refractivity contribution >= 4 is 54.0 Å². The third-order valence-electron chi connectivity index (χ3n) is 4.91. The molecule has 0 bridgehead atoms. The van der Waals surface area contributed by atoms with Gasteiger partial charge in [0.05, 0.1) is 27.2 Å². The molecule has 158 valence electrons. The highest BCUT2D eigenvalue weighted by Crippen LogP contribution is 2.35. The van der Waals surface area contributed by atoms with Crippen molar-refractivity contribution in [1.29, 1.82) is 0 Å². The lowest BCUT2D eigenvalue weighted by Crippen LogP contribution is -2.31. The molecule has 0 unspecified atom stereocenters. The average Bonchev–Trinajstić information content (AvgIpc) is 3.19. The summed E-state index contributed by atoms with van der Waals surface area (Å²) in [6, 6.07) is 19.5. The van der Waals surface area contributed by atoms with Crippen molar-refractivity contribution in [2.75, 3.05) is 11.2 Å². The molecular weight excluding hydrogens is 452 g/mol. The molecule has 0 aliphatic carbocycles. The summed E-state index contributed by atoms with van der Waals surface area (Å²) in [4.78, 5) is 19.9. The Morgan fingerprint density at radius 1 is 1.03 bits per heavy atom. The molecule has 0 aliphatic heterocycles. The highest BCUT2D eigenvalue weighted by molar-refractivity contribution is 7.90. The molecule has 8 heteroatoms. The molecule has 0 atom stereocenters. The van der Waals surface area contributed by atoms with Gasteiger partial charge in [-0.15, -0.1) is 0 Å². The molecule has 1 heterocycles. The summed E-state index contributed by atoms with van der Waals surface area (Å²) in [5, 5.41) is 1.09. The van der Waals surface area contributed by atoms with E-state index in [-0.39, 0.29) is 17.0 Å². The summed E-state index contributed by atoms with van der Waals surface area (Å²) in [6.45, 7) is 2.14. The molecule has 1 aromatic heterocycles. The molecule has 0 aliphatic rings. The van der Waals surface area contributed by atoms with E-state index in [0.29, 0.717) is 10.2 Å². The number of hydrogen-bond donors (Lipinski definition) is 0. The zero-order valence-electron chi connectivity index (χ0n) is 16.9. The number of benzene rings is 3. The second-order valence-corrected chi connectivity index (χ2v) is 10.6. The second kappa shape index (κ2) is 8.42. The van der Waals surface area contributed by atoms with Crippen LogP contribution in [-0.4, -0.2) is 25.6 Å². The van der Waals surface area contributed by atoms with Crippen LogP contribution in [0.15, 0.2) is 71.6 Å². The van der Waals surface area contributed by atoms with Crippen LogP contribution in [0.2, 0.25) is 5.02 Å². The van der Waals surface area contributed by atoms with Gasteiger partial charge in [0.2, 0.25) is 0 Å². The molecule has 31 heavy (non-hydrogen) atoms. The molecule has 3 aromatic carbocycles. The highest BCUT2D eigenvalue weighted by atomic mass is 35.5. The van der Waals surface area contributed by atoms with Crippen LogP contribution in [-0.2, 0) is 16.4 Å². The maximum Gasteiger partial charge on any atom is 0.261 e. The highest BCUT2D eigenvalue weighted by Gasteiger charge is 2.26. The van der Waals surface area contributed by atoms with Crippen LogP contribution >= 0.6 is 22.9 Å². The second-order valence-electron chi connectivity index (χ2n) is 7.16. The molecule has 0 spiro atoms. The van der Waals surface area contributed by atoms with Crippen molar-refractivity contribution in [3.8, 4) is 0 Å². The summed E-state index contributed by atoms with van der Waals surface area (Å²) >= 11 is 7.62. The van der Waals surface area contributed by atoms with Gasteiger partial charge in [-0.3, -0.25) is 9.69 Å². The number of sulfone groups is 1. The predicted molar refractivity (Wildman–Crippen MR) is 126 cm³/mol. The van der Waals surface area contributed by atoms with E-state index in [4.69, 9.17) is 16.6 Å². The summed E-state index contributed by atoms with van der Waals surface area (Å²) in [5.74, 6) is -0.423. The third-order valence-corrected chi connectivity index (χ3v) is 7.52. The van der Waals surface area contributed by atoms with Crippen molar-refractivity contribution in [2.24, 2.45) is 0 Å². The quantitative estimate of drug-likeness (QED) is 0.385. The van der Waals surface area contributed by atoms with Gasteiger partial charge in [0.15, 0.2) is 15.0 Å². The number of halogens is 1. The van der Waals surface area contributed by atoms with E-state index in [1.54, 1.807) is 12.1 Å². The molecule has 1 amide bonds. The molecule has 0 N–H and O–H groups in total. The van der Waals surface area contributed by atoms with Gasteiger partial charge in [-0.05, 0) is 42.3 Å². The van der Waals surface area contributed by atoms with Gasteiger partial charge in [-0.25, -0.2) is 13.4 Å². The fourth-order valence-electron chi connectivity index (χ4n) is 3.31. The summed E-state index contributed by atoms with van der Waals surface area (Å²) in [7, 11) is -3.59. The number of aromatic nitrogens is 1. The summed E-state index contributed by atoms with van der Waals surface area (Å²) in [5.41, 5.74) is 2.59. The number of rotatable bonds is 5. The van der Waals surface area contributed by atoms with Crippen molar-refractivity contribution in [1.82, 2.24) is 4.98 Å². The van der Waals surface area contributed by atoms with Crippen molar-refractivity contribution < 1.29 is 13.2 Å². The Morgan fingerprint density at radius 2 is 1.71 bits per heavy atom. The zero-order valence-corrected chi connectivity index (χ0v) is 19.3. The first-order valence-electron chi connectivity index (χ1n) is 9.46. The fourth-order valence-corrected chi connectivity index (χ4v) is 5.36. The number of carbonyl (C=O) groups excluding carboxylic acids is 1. The number of hydrogen-bond acceptors (Lipinski definition) is 5. The lowest BCUT2D eigenvalue weighted by Gasteiger charge is -2.21. The van der Waals surface area contributed by atoms with Crippen molar-refractivity contribution in [3.05, 3.63) is 88.4 Å². The van der Waals surface area contributed by atoms with E-state index in [1.165, 1.54) is 28.4 Å². The molecule has 0 saturated carbocycles. The summed E-state index contributed by atoms with van der Waals surface area (Å²) < 4.78 is 25.5. The third kappa shape index (κ3) is 4.35. The standard InChI is InChI=1S/C23H19ClN2O3S2/c1-15-18(24)12-13-19-21(15)25-23(30-19)26(14-16-8-4-3-5-9-16)22(27)17-10-6-7-11-20(17)31(2,28)29/h3-13H,14H2,1-2H3. The average molecular weight is 471 g/mol. The van der Waals surface area contributed by atoms with E-state index in [1.807, 2.05) is 49.4 Å². The Balaban J connectivity index is 1.87. The monoisotopic (exact) mass is 470 g/mol. The van der Waals surface area contributed by atoms with Crippen LogP contribution < -0.4 is 4.90 Å². The minimum Gasteiger partial charge on any atom is -0.279 e. The topological polar surface area (TPSA) is 67.3 Å². The van der Waals surface area contributed by atoms with Gasteiger partial charge in [0.1, 0.15) is 0 Å². The Kier molecular flexibility index (Phi) is 5.83. The smallest absolute Gasteiger partial charge is 0.261 e. The number of thiazole rings is 1.